The van der Waals surface area contributed by atoms with Crippen LogP contribution >= 0.6 is 0 Å². The van der Waals surface area contributed by atoms with E-state index in [-0.39, 0.29) is 29.3 Å². The van der Waals surface area contributed by atoms with E-state index in [1.807, 2.05) is 4.90 Å². The number of aromatic amines is 1. The van der Waals surface area contributed by atoms with Crippen molar-refractivity contribution in [1.29, 1.82) is 0 Å². The minimum absolute atomic E-state index is 0.0441. The first-order valence-electron chi connectivity index (χ1n) is 9.92. The average Bonchev–Trinajstić information content (AvgIpc) is 3.29. The molecule has 1 aromatic heterocycles. The number of piperidine rings is 2. The van der Waals surface area contributed by atoms with Crippen molar-refractivity contribution < 1.29 is 13.2 Å². The van der Waals surface area contributed by atoms with Crippen molar-refractivity contribution in [3.8, 4) is 0 Å². The molecule has 0 bridgehead atoms. The van der Waals surface area contributed by atoms with E-state index in [2.05, 4.69) is 9.97 Å². The fraction of sp³-hybridized carbons (Fsp3) is 0.500. The largest absolute Gasteiger partial charge is 0.347 e. The summed E-state index contributed by atoms with van der Waals surface area (Å²) in [6.07, 6.45) is 7.83. The smallest absolute Gasteiger partial charge is 0.243 e. The molecule has 2 saturated heterocycles. The lowest BCUT2D eigenvalue weighted by atomic mass is 9.94. The van der Waals surface area contributed by atoms with Gasteiger partial charge < -0.3 is 9.88 Å². The van der Waals surface area contributed by atoms with E-state index in [4.69, 9.17) is 0 Å². The second-order valence-electron chi connectivity index (χ2n) is 7.53. The molecule has 1 aromatic carbocycles. The maximum Gasteiger partial charge on any atom is 0.243 e. The number of nitrogens with zero attached hydrogens (tertiary/aromatic N) is 3. The van der Waals surface area contributed by atoms with E-state index in [0.29, 0.717) is 19.5 Å². The summed E-state index contributed by atoms with van der Waals surface area (Å²) in [5.41, 5.74) is 0. The average molecular weight is 403 g/mol. The normalized spacial score (nSPS) is 24.2. The molecule has 1 N–H and O–H groups in total. The van der Waals surface area contributed by atoms with Gasteiger partial charge in [-0.2, -0.15) is 4.31 Å². The SMILES string of the molecule is O=C([C@H]1CCCN(S(=O)(=O)c2ccccc2)C1)N1CCCC[C@H]1c1ncc[nH]1. The van der Waals surface area contributed by atoms with Crippen LogP contribution in [0.3, 0.4) is 0 Å². The van der Waals surface area contributed by atoms with Gasteiger partial charge in [0.1, 0.15) is 5.82 Å². The summed E-state index contributed by atoms with van der Waals surface area (Å²) in [7, 11) is -3.57. The summed E-state index contributed by atoms with van der Waals surface area (Å²) in [5, 5.41) is 0. The Morgan fingerprint density at radius 3 is 2.64 bits per heavy atom. The van der Waals surface area contributed by atoms with Crippen LogP contribution in [0.1, 0.15) is 44.0 Å². The summed E-state index contributed by atoms with van der Waals surface area (Å²) < 4.78 is 27.4. The molecule has 2 atom stereocenters. The van der Waals surface area contributed by atoms with Gasteiger partial charge >= 0.3 is 0 Å². The van der Waals surface area contributed by atoms with Crippen LogP contribution in [0.4, 0.5) is 0 Å². The standard InChI is InChI=1S/C20H26N4O3S/c25-20(24-14-5-4-10-18(24)19-21-11-12-22-19)16-7-6-13-23(15-16)28(26,27)17-8-2-1-3-9-17/h1-3,8-9,11-12,16,18H,4-7,10,13-15H2,(H,21,22)/t16-,18-/m0/s1. The van der Waals surface area contributed by atoms with Gasteiger partial charge in [0.25, 0.3) is 0 Å². The fourth-order valence-electron chi connectivity index (χ4n) is 4.28. The fourth-order valence-corrected chi connectivity index (χ4v) is 5.82. The van der Waals surface area contributed by atoms with Crippen LogP contribution in [0.2, 0.25) is 0 Å². The molecule has 0 unspecified atom stereocenters. The quantitative estimate of drug-likeness (QED) is 0.852. The summed E-state index contributed by atoms with van der Waals surface area (Å²) in [5.74, 6) is 0.564. The van der Waals surface area contributed by atoms with Crippen LogP contribution < -0.4 is 0 Å². The van der Waals surface area contributed by atoms with Gasteiger partial charge in [0.2, 0.25) is 15.9 Å². The summed E-state index contributed by atoms with van der Waals surface area (Å²) in [6.45, 7) is 1.41. The van der Waals surface area contributed by atoms with E-state index < -0.39 is 10.0 Å². The number of rotatable bonds is 4. The summed E-state index contributed by atoms with van der Waals surface area (Å²) in [4.78, 5) is 23.0. The third-order valence-corrected chi connectivity index (χ3v) is 7.61. The number of hydrogen-bond acceptors (Lipinski definition) is 4. The van der Waals surface area contributed by atoms with Crippen LogP contribution in [0.15, 0.2) is 47.6 Å². The lowest BCUT2D eigenvalue weighted by Gasteiger charge is -2.39. The van der Waals surface area contributed by atoms with Crippen molar-refractivity contribution in [3.05, 3.63) is 48.5 Å². The van der Waals surface area contributed by atoms with Crippen LogP contribution in [-0.4, -0.2) is 53.1 Å². The Hall–Kier alpha value is -2.19. The van der Waals surface area contributed by atoms with Crippen LogP contribution in [0.25, 0.3) is 0 Å². The zero-order chi connectivity index (χ0) is 19.6. The van der Waals surface area contributed by atoms with Crippen molar-refractivity contribution in [2.24, 2.45) is 5.92 Å². The van der Waals surface area contributed by atoms with E-state index in [9.17, 15) is 13.2 Å². The van der Waals surface area contributed by atoms with Gasteiger partial charge in [-0.05, 0) is 44.2 Å². The van der Waals surface area contributed by atoms with E-state index >= 15 is 0 Å². The molecule has 2 aliphatic rings. The maximum atomic E-state index is 13.3. The molecule has 7 nitrogen and oxygen atoms in total. The molecule has 150 valence electrons. The Morgan fingerprint density at radius 2 is 1.89 bits per heavy atom. The maximum absolute atomic E-state index is 13.3. The number of H-pyrrole nitrogens is 1. The number of carbonyl (C=O) groups excluding carboxylic acids is 1. The number of benzene rings is 1. The van der Waals surface area contributed by atoms with E-state index in [1.165, 1.54) is 4.31 Å². The molecular formula is C20H26N4O3S. The number of sulfonamides is 1. The molecule has 4 rings (SSSR count). The second kappa shape index (κ2) is 8.05. The molecule has 8 heteroatoms. The van der Waals surface area contributed by atoms with Gasteiger partial charge in [0, 0.05) is 32.0 Å². The molecule has 28 heavy (non-hydrogen) atoms. The van der Waals surface area contributed by atoms with Gasteiger partial charge in [0.05, 0.1) is 16.9 Å². The van der Waals surface area contributed by atoms with Gasteiger partial charge in [0.15, 0.2) is 0 Å². The predicted molar refractivity (Wildman–Crippen MR) is 105 cm³/mol. The molecule has 0 saturated carbocycles. The van der Waals surface area contributed by atoms with E-state index in [0.717, 1.165) is 31.5 Å². The zero-order valence-corrected chi connectivity index (χ0v) is 16.6. The first-order valence-corrected chi connectivity index (χ1v) is 11.4. The monoisotopic (exact) mass is 402 g/mol. The number of aromatic nitrogens is 2. The van der Waals surface area contributed by atoms with Crippen LogP contribution in [0, 0.1) is 5.92 Å². The van der Waals surface area contributed by atoms with Crippen molar-refractivity contribution >= 4 is 15.9 Å². The second-order valence-corrected chi connectivity index (χ2v) is 9.47. The minimum atomic E-state index is -3.57. The molecule has 2 fully saturated rings. The van der Waals surface area contributed by atoms with Crippen molar-refractivity contribution in [1.82, 2.24) is 19.2 Å². The Bertz CT molecular complexity index is 899. The van der Waals surface area contributed by atoms with Gasteiger partial charge in [-0.1, -0.05) is 18.2 Å². The number of hydrogen-bond donors (Lipinski definition) is 1. The van der Waals surface area contributed by atoms with Crippen molar-refractivity contribution in [2.45, 2.75) is 43.0 Å². The molecule has 0 radical (unpaired) electrons. The van der Waals surface area contributed by atoms with Gasteiger partial charge in [-0.3, -0.25) is 4.79 Å². The summed E-state index contributed by atoms with van der Waals surface area (Å²) in [6, 6.07) is 8.42. The lowest BCUT2D eigenvalue weighted by molar-refractivity contribution is -0.140. The molecule has 0 spiro atoms. The molecule has 1 amide bonds. The highest BCUT2D eigenvalue weighted by atomic mass is 32.2. The van der Waals surface area contributed by atoms with Crippen molar-refractivity contribution in [3.63, 3.8) is 0 Å². The molecule has 2 aromatic rings. The highest BCUT2D eigenvalue weighted by Gasteiger charge is 2.38. The first kappa shape index (κ1) is 19.1. The van der Waals surface area contributed by atoms with Crippen LogP contribution in [0.5, 0.6) is 0 Å². The Balaban J connectivity index is 1.52. The zero-order valence-electron chi connectivity index (χ0n) is 15.8. The van der Waals surface area contributed by atoms with Gasteiger partial charge in [-0.25, -0.2) is 13.4 Å². The molecule has 3 heterocycles. The third kappa shape index (κ3) is 3.71. The Kier molecular flexibility index (Phi) is 5.50. The van der Waals surface area contributed by atoms with Gasteiger partial charge in [-0.15, -0.1) is 0 Å². The van der Waals surface area contributed by atoms with Crippen molar-refractivity contribution in [2.75, 3.05) is 19.6 Å². The number of imidazole rings is 1. The van der Waals surface area contributed by atoms with E-state index in [1.54, 1.807) is 42.7 Å². The number of nitrogens with one attached hydrogen (secondary N) is 1. The Labute approximate surface area is 165 Å². The highest BCUT2D eigenvalue weighted by Crippen LogP contribution is 2.32. The molecule has 2 aliphatic heterocycles. The number of carbonyl (C=O) groups is 1. The highest BCUT2D eigenvalue weighted by molar-refractivity contribution is 7.89. The third-order valence-electron chi connectivity index (χ3n) is 5.74. The lowest BCUT2D eigenvalue weighted by Crippen LogP contribution is -2.48. The van der Waals surface area contributed by atoms with Crippen LogP contribution in [-0.2, 0) is 14.8 Å². The topological polar surface area (TPSA) is 86.4 Å². The first-order chi connectivity index (χ1) is 13.6. The summed E-state index contributed by atoms with van der Waals surface area (Å²) >= 11 is 0. The predicted octanol–water partition coefficient (Wildman–Crippen LogP) is 2.56. The number of likely N-dealkylation sites (tertiary alicyclic amines) is 1. The minimum Gasteiger partial charge on any atom is -0.347 e. The molecule has 0 aliphatic carbocycles. The molecular weight excluding hydrogens is 376 g/mol. The Morgan fingerprint density at radius 1 is 1.07 bits per heavy atom. The number of amides is 1.